The van der Waals surface area contributed by atoms with Crippen LogP contribution in [0, 0.1) is 5.82 Å². The molecule has 0 spiro atoms. The van der Waals surface area contributed by atoms with Crippen LogP contribution in [0.1, 0.15) is 11.4 Å². The number of benzene rings is 1. The molecule has 0 fully saturated rings. The molecule has 5 nitrogen and oxygen atoms in total. The highest BCUT2D eigenvalue weighted by molar-refractivity contribution is 6.30. The van der Waals surface area contributed by atoms with Gasteiger partial charge in [-0.05, 0) is 18.2 Å². The molecule has 0 unspecified atom stereocenters. The number of hydrogen-bond acceptors (Lipinski definition) is 4. The molecule has 1 N–H and O–H groups in total. The van der Waals surface area contributed by atoms with E-state index in [0.29, 0.717) is 17.1 Å². The summed E-state index contributed by atoms with van der Waals surface area (Å²) < 4.78 is 19.6. The Balaban J connectivity index is 2.49. The van der Waals surface area contributed by atoms with Crippen LogP contribution >= 0.6 is 11.6 Å². The molecule has 0 aliphatic rings. The van der Waals surface area contributed by atoms with E-state index < -0.39 is 5.82 Å². The molecule has 7 heteroatoms. The Hall–Kier alpha value is -1.50. The Morgan fingerprint density at radius 2 is 2.28 bits per heavy atom. The minimum absolute atomic E-state index is 0.00286. The third kappa shape index (κ3) is 2.35. The van der Waals surface area contributed by atoms with Gasteiger partial charge in [0.25, 0.3) is 0 Å². The molecule has 1 aromatic heterocycles. The highest BCUT2D eigenvalue weighted by Gasteiger charge is 2.14. The van der Waals surface area contributed by atoms with Gasteiger partial charge < -0.3 is 9.84 Å². The van der Waals surface area contributed by atoms with Gasteiger partial charge in [-0.3, -0.25) is 0 Å². The molecular formula is C11H11ClFN3O2. The molecule has 2 rings (SSSR count). The minimum atomic E-state index is -0.504. The third-order valence-electron chi connectivity index (χ3n) is 2.42. The van der Waals surface area contributed by atoms with E-state index in [9.17, 15) is 4.39 Å². The van der Waals surface area contributed by atoms with Gasteiger partial charge in [-0.1, -0.05) is 16.8 Å². The molecule has 0 amide bonds. The fraction of sp³-hybridized carbons (Fsp3) is 0.273. The van der Waals surface area contributed by atoms with Crippen LogP contribution in [0.4, 0.5) is 4.39 Å². The predicted molar refractivity (Wildman–Crippen MR) is 63.0 cm³/mol. The van der Waals surface area contributed by atoms with Crippen molar-refractivity contribution in [2.75, 3.05) is 7.11 Å². The van der Waals surface area contributed by atoms with Gasteiger partial charge in [0.05, 0.1) is 29.6 Å². The second-order valence-corrected chi connectivity index (χ2v) is 3.99. The highest BCUT2D eigenvalue weighted by atomic mass is 35.5. The molecule has 0 aliphatic carbocycles. The maximum absolute atomic E-state index is 13.1. The summed E-state index contributed by atoms with van der Waals surface area (Å²) in [5, 5.41) is 16.9. The van der Waals surface area contributed by atoms with E-state index in [0.717, 1.165) is 0 Å². The van der Waals surface area contributed by atoms with Crippen LogP contribution in [0.5, 0.6) is 0 Å². The molecular weight excluding hydrogens is 261 g/mol. The van der Waals surface area contributed by atoms with Crippen LogP contribution in [0.2, 0.25) is 5.02 Å². The van der Waals surface area contributed by atoms with Crippen molar-refractivity contribution in [2.24, 2.45) is 0 Å². The summed E-state index contributed by atoms with van der Waals surface area (Å²) in [5.74, 6) is -0.504. The number of aliphatic hydroxyl groups excluding tert-OH is 1. The molecule has 2 aromatic rings. The highest BCUT2D eigenvalue weighted by Crippen LogP contribution is 2.20. The molecule has 1 aromatic carbocycles. The number of nitrogens with zero attached hydrogens (tertiary/aromatic N) is 3. The van der Waals surface area contributed by atoms with E-state index in [-0.39, 0.29) is 18.2 Å². The van der Waals surface area contributed by atoms with E-state index in [1.54, 1.807) is 0 Å². The third-order valence-corrected chi connectivity index (χ3v) is 2.71. The van der Waals surface area contributed by atoms with Crippen LogP contribution < -0.4 is 0 Å². The molecule has 18 heavy (non-hydrogen) atoms. The van der Waals surface area contributed by atoms with E-state index in [2.05, 4.69) is 10.3 Å². The monoisotopic (exact) mass is 271 g/mol. The average molecular weight is 272 g/mol. The van der Waals surface area contributed by atoms with Crippen LogP contribution in [-0.2, 0) is 18.0 Å². The van der Waals surface area contributed by atoms with E-state index in [1.165, 1.54) is 30.0 Å². The van der Waals surface area contributed by atoms with E-state index >= 15 is 0 Å². The summed E-state index contributed by atoms with van der Waals surface area (Å²) in [7, 11) is 1.52. The van der Waals surface area contributed by atoms with Gasteiger partial charge in [0, 0.05) is 7.11 Å². The van der Waals surface area contributed by atoms with E-state index in [4.69, 9.17) is 21.4 Å². The van der Waals surface area contributed by atoms with Crippen molar-refractivity contribution in [3.8, 4) is 5.69 Å². The summed E-state index contributed by atoms with van der Waals surface area (Å²) in [6.07, 6.45) is 0. The zero-order valence-electron chi connectivity index (χ0n) is 9.60. The van der Waals surface area contributed by atoms with Gasteiger partial charge in [0.2, 0.25) is 0 Å². The summed E-state index contributed by atoms with van der Waals surface area (Å²) >= 11 is 5.72. The molecule has 0 radical (unpaired) electrons. The average Bonchev–Trinajstić information content (AvgIpc) is 2.76. The lowest BCUT2D eigenvalue weighted by Gasteiger charge is -2.07. The first-order valence-corrected chi connectivity index (χ1v) is 5.54. The number of halogens is 2. The first kappa shape index (κ1) is 12.9. The van der Waals surface area contributed by atoms with Gasteiger partial charge in [-0.15, -0.1) is 5.10 Å². The quantitative estimate of drug-likeness (QED) is 0.919. The van der Waals surface area contributed by atoms with Crippen molar-refractivity contribution >= 4 is 11.6 Å². The smallest absolute Gasteiger partial charge is 0.141 e. The topological polar surface area (TPSA) is 60.2 Å². The van der Waals surface area contributed by atoms with Crippen molar-refractivity contribution in [1.82, 2.24) is 15.0 Å². The van der Waals surface area contributed by atoms with Crippen molar-refractivity contribution < 1.29 is 14.2 Å². The van der Waals surface area contributed by atoms with Crippen molar-refractivity contribution in [3.05, 3.63) is 40.4 Å². The van der Waals surface area contributed by atoms with Gasteiger partial charge in [-0.25, -0.2) is 9.07 Å². The molecule has 96 valence electrons. The second kappa shape index (κ2) is 5.43. The van der Waals surface area contributed by atoms with Crippen molar-refractivity contribution in [2.45, 2.75) is 13.2 Å². The standard InChI is InChI=1S/C11H11ClFN3O2/c1-18-6-11-10(5-17)14-15-16(11)7-2-3-9(13)8(12)4-7/h2-4,17H,5-6H2,1H3. The van der Waals surface area contributed by atoms with Gasteiger partial charge in [0.1, 0.15) is 11.5 Å². The van der Waals surface area contributed by atoms with Crippen molar-refractivity contribution in [3.63, 3.8) is 0 Å². The molecule has 0 saturated carbocycles. The lowest BCUT2D eigenvalue weighted by atomic mass is 10.3. The molecule has 0 bridgehead atoms. The molecule has 0 saturated heterocycles. The number of ether oxygens (including phenoxy) is 1. The predicted octanol–water partition coefficient (Wildman–Crippen LogP) is 1.70. The lowest BCUT2D eigenvalue weighted by Crippen LogP contribution is -2.05. The fourth-order valence-corrected chi connectivity index (χ4v) is 1.74. The molecule has 0 atom stereocenters. The summed E-state index contributed by atoms with van der Waals surface area (Å²) in [4.78, 5) is 0. The largest absolute Gasteiger partial charge is 0.390 e. The van der Waals surface area contributed by atoms with Crippen molar-refractivity contribution in [1.29, 1.82) is 0 Å². The summed E-state index contributed by atoms with van der Waals surface area (Å²) in [6, 6.07) is 4.20. The first-order chi connectivity index (χ1) is 8.67. The second-order valence-electron chi connectivity index (χ2n) is 3.58. The summed E-state index contributed by atoms with van der Waals surface area (Å²) in [6.45, 7) is -0.00842. The molecule has 1 heterocycles. The molecule has 0 aliphatic heterocycles. The Morgan fingerprint density at radius 1 is 1.50 bits per heavy atom. The zero-order valence-corrected chi connectivity index (χ0v) is 10.4. The zero-order chi connectivity index (χ0) is 13.1. The van der Waals surface area contributed by atoms with Crippen LogP contribution in [-0.4, -0.2) is 27.2 Å². The first-order valence-electron chi connectivity index (χ1n) is 5.16. The van der Waals surface area contributed by atoms with Crippen LogP contribution in [0.15, 0.2) is 18.2 Å². The Kier molecular flexibility index (Phi) is 3.90. The van der Waals surface area contributed by atoms with Crippen LogP contribution in [0.25, 0.3) is 5.69 Å². The fourth-order valence-electron chi connectivity index (χ4n) is 1.56. The normalized spacial score (nSPS) is 10.9. The lowest BCUT2D eigenvalue weighted by molar-refractivity contribution is 0.175. The van der Waals surface area contributed by atoms with E-state index in [1.807, 2.05) is 0 Å². The Labute approximate surface area is 108 Å². The SMILES string of the molecule is COCc1c(CO)nnn1-c1ccc(F)c(Cl)c1. The van der Waals surface area contributed by atoms with Gasteiger partial charge in [0.15, 0.2) is 0 Å². The van der Waals surface area contributed by atoms with Gasteiger partial charge in [-0.2, -0.15) is 0 Å². The number of aliphatic hydroxyl groups is 1. The number of aromatic nitrogens is 3. The Morgan fingerprint density at radius 3 is 2.89 bits per heavy atom. The number of rotatable bonds is 4. The van der Waals surface area contributed by atoms with Gasteiger partial charge >= 0.3 is 0 Å². The Bertz CT molecular complexity index is 559. The summed E-state index contributed by atoms with van der Waals surface area (Å²) in [5.41, 5.74) is 1.57. The maximum atomic E-state index is 13.1. The maximum Gasteiger partial charge on any atom is 0.141 e. The minimum Gasteiger partial charge on any atom is -0.390 e. The number of methoxy groups -OCH3 is 1. The van der Waals surface area contributed by atoms with Crippen LogP contribution in [0.3, 0.4) is 0 Å². The number of hydrogen-bond donors (Lipinski definition) is 1.